The van der Waals surface area contributed by atoms with Gasteiger partial charge in [-0.3, -0.25) is 9.97 Å². The lowest BCUT2D eigenvalue weighted by atomic mass is 9.82. The van der Waals surface area contributed by atoms with E-state index in [1.54, 1.807) is 0 Å². The summed E-state index contributed by atoms with van der Waals surface area (Å²) in [7, 11) is -2.55. The van der Waals surface area contributed by atoms with Crippen molar-refractivity contribution in [3.8, 4) is 22.8 Å². The van der Waals surface area contributed by atoms with Crippen LogP contribution >= 0.6 is 0 Å². The first-order valence-electron chi connectivity index (χ1n) is 17.0. The maximum absolute atomic E-state index is 5.41. The van der Waals surface area contributed by atoms with Crippen LogP contribution in [-0.2, 0) is 0 Å². The Morgan fingerprint density at radius 3 is 1.10 bits per heavy atom. The fourth-order valence-corrected chi connectivity index (χ4v) is 11.6. The van der Waals surface area contributed by atoms with Crippen molar-refractivity contribution in [1.82, 2.24) is 19.9 Å². The van der Waals surface area contributed by atoms with Gasteiger partial charge in [0.15, 0.2) is 0 Å². The van der Waals surface area contributed by atoms with E-state index in [1.165, 1.54) is 66.0 Å². The van der Waals surface area contributed by atoms with Crippen LogP contribution in [0.4, 0.5) is 0 Å². The number of aromatic nitrogens is 4. The molecule has 0 radical (unpaired) electrons. The molecule has 0 N–H and O–H groups in total. The van der Waals surface area contributed by atoms with Gasteiger partial charge < -0.3 is 0 Å². The number of allylic oxidation sites excluding steroid dienone is 2. The third kappa shape index (κ3) is 5.78. The minimum Gasteiger partial charge on any atom is -0.255 e. The van der Waals surface area contributed by atoms with Crippen molar-refractivity contribution in [2.75, 3.05) is 0 Å². The first-order valence-corrected chi connectivity index (χ1v) is 20.0. The molecule has 0 spiro atoms. The Morgan fingerprint density at radius 2 is 0.755 bits per heavy atom. The number of pyridine rings is 4. The molecule has 242 valence electrons. The average Bonchev–Trinajstić information content (AvgIpc) is 3.30. The van der Waals surface area contributed by atoms with Gasteiger partial charge in [-0.05, 0) is 145 Å². The van der Waals surface area contributed by atoms with Crippen LogP contribution < -0.4 is 0 Å². The molecule has 0 bridgehead atoms. The molecule has 0 unspecified atom stereocenters. The van der Waals surface area contributed by atoms with Gasteiger partial charge in [0, 0.05) is 12.4 Å². The molecule has 0 fully saturated rings. The highest BCUT2D eigenvalue weighted by Gasteiger charge is 2.46. The van der Waals surface area contributed by atoms with Gasteiger partial charge in [-0.2, -0.15) is 0 Å². The molecular weight excluding hydrogens is 613 g/mol. The molecule has 0 saturated carbocycles. The Bertz CT molecular complexity index is 2090. The SMILES string of the molecule is Cc1cc(C)c(C2=C(c3cccc(-c4ccccn4)n3)[Si](C)(C)C(c3cccc(-c4ccccn4)n3)=C2c2c(C)cc(C)cc2C)c(C)c1. The summed E-state index contributed by atoms with van der Waals surface area (Å²) in [5.41, 5.74) is 18.3. The lowest BCUT2D eigenvalue weighted by molar-refractivity contribution is 1.22. The van der Waals surface area contributed by atoms with Crippen LogP contribution in [0.25, 0.3) is 44.3 Å². The molecule has 0 saturated heterocycles. The van der Waals surface area contributed by atoms with E-state index in [2.05, 4.69) is 125 Å². The zero-order valence-electron chi connectivity index (χ0n) is 29.7. The molecule has 5 heterocycles. The summed E-state index contributed by atoms with van der Waals surface area (Å²) >= 11 is 0. The molecule has 7 rings (SSSR count). The summed E-state index contributed by atoms with van der Waals surface area (Å²) in [6.07, 6.45) is 3.67. The highest BCUT2D eigenvalue weighted by atomic mass is 28.3. The molecule has 4 nitrogen and oxygen atoms in total. The highest BCUT2D eigenvalue weighted by molar-refractivity contribution is 7.13. The summed E-state index contributed by atoms with van der Waals surface area (Å²) in [6, 6.07) is 34.1. The van der Waals surface area contributed by atoms with Gasteiger partial charge in [0.1, 0.15) is 8.07 Å². The molecule has 1 aliphatic rings. The number of rotatable bonds is 6. The third-order valence-electron chi connectivity index (χ3n) is 9.72. The van der Waals surface area contributed by atoms with Crippen LogP contribution in [0.5, 0.6) is 0 Å². The Hall–Kier alpha value is -5.26. The van der Waals surface area contributed by atoms with Crippen molar-refractivity contribution >= 4 is 29.6 Å². The van der Waals surface area contributed by atoms with Crippen molar-refractivity contribution in [2.45, 2.75) is 54.6 Å². The summed E-state index contributed by atoms with van der Waals surface area (Å²) in [6.45, 7) is 18.4. The summed E-state index contributed by atoms with van der Waals surface area (Å²) in [4.78, 5) is 20.2. The van der Waals surface area contributed by atoms with E-state index in [-0.39, 0.29) is 0 Å². The fourth-order valence-electron chi connectivity index (χ4n) is 8.01. The number of nitrogens with zero attached hydrogens (tertiary/aromatic N) is 4. The largest absolute Gasteiger partial charge is 0.255 e. The third-order valence-corrected chi connectivity index (χ3v) is 13.2. The first kappa shape index (κ1) is 32.3. The van der Waals surface area contributed by atoms with Gasteiger partial charge >= 0.3 is 0 Å². The van der Waals surface area contributed by atoms with Gasteiger partial charge in [0.05, 0.1) is 34.2 Å². The van der Waals surface area contributed by atoms with Gasteiger partial charge in [0.25, 0.3) is 0 Å². The molecule has 0 aliphatic carbocycles. The van der Waals surface area contributed by atoms with Crippen LogP contribution in [0.3, 0.4) is 0 Å². The zero-order chi connectivity index (χ0) is 34.4. The van der Waals surface area contributed by atoms with E-state index >= 15 is 0 Å². The average molecular weight is 655 g/mol. The molecular formula is C44H42N4Si. The monoisotopic (exact) mass is 654 g/mol. The summed E-state index contributed by atoms with van der Waals surface area (Å²) < 4.78 is 0. The second-order valence-corrected chi connectivity index (χ2v) is 18.2. The number of hydrogen-bond acceptors (Lipinski definition) is 4. The van der Waals surface area contributed by atoms with Crippen molar-refractivity contribution in [2.24, 2.45) is 0 Å². The standard InChI is InChI=1S/C44H42N4Si/c1-27-23-29(3)39(30(4)24-27)41-42(40-31(5)25-28(2)26-32(40)6)44(38-20-14-18-36(48-38)34-16-10-12-22-46-34)49(7,8)43(41)37-19-13-17-35(47-37)33-15-9-11-21-45-33/h9-26H,1-8H3. The topological polar surface area (TPSA) is 51.6 Å². The minimum absolute atomic E-state index is 0.870. The number of benzene rings is 2. The number of hydrogen-bond donors (Lipinski definition) is 0. The molecule has 5 heteroatoms. The molecule has 4 aromatic heterocycles. The van der Waals surface area contributed by atoms with E-state index in [1.807, 2.05) is 48.8 Å². The van der Waals surface area contributed by atoms with Crippen molar-refractivity contribution in [1.29, 1.82) is 0 Å². The molecule has 1 aliphatic heterocycles. The Balaban J connectivity index is 1.63. The van der Waals surface area contributed by atoms with Gasteiger partial charge in [0.2, 0.25) is 0 Å². The van der Waals surface area contributed by atoms with Gasteiger partial charge in [-0.25, -0.2) is 9.97 Å². The van der Waals surface area contributed by atoms with Gasteiger partial charge in [-0.15, -0.1) is 0 Å². The van der Waals surface area contributed by atoms with E-state index < -0.39 is 8.07 Å². The van der Waals surface area contributed by atoms with Crippen molar-refractivity contribution in [3.05, 3.63) is 165 Å². The lowest BCUT2D eigenvalue weighted by Gasteiger charge is -2.26. The minimum atomic E-state index is -2.55. The highest BCUT2D eigenvalue weighted by Crippen LogP contribution is 2.57. The predicted octanol–water partition coefficient (Wildman–Crippen LogP) is 10.8. The Morgan fingerprint density at radius 1 is 0.408 bits per heavy atom. The van der Waals surface area contributed by atoms with Crippen molar-refractivity contribution in [3.63, 3.8) is 0 Å². The fraction of sp³-hybridized carbons (Fsp3) is 0.182. The summed E-state index contributed by atoms with van der Waals surface area (Å²) in [5, 5.41) is 2.66. The molecule has 49 heavy (non-hydrogen) atoms. The number of aryl methyl sites for hydroxylation is 6. The second kappa shape index (κ2) is 12.6. The van der Waals surface area contributed by atoms with Crippen LogP contribution in [0.2, 0.25) is 13.1 Å². The van der Waals surface area contributed by atoms with E-state index in [4.69, 9.17) is 9.97 Å². The van der Waals surface area contributed by atoms with E-state index in [0.717, 1.165) is 34.2 Å². The molecule has 2 aromatic carbocycles. The normalized spacial score (nSPS) is 14.1. The van der Waals surface area contributed by atoms with Crippen LogP contribution in [0, 0.1) is 41.5 Å². The molecule has 0 atom stereocenters. The van der Waals surface area contributed by atoms with Crippen LogP contribution in [-0.4, -0.2) is 28.0 Å². The lowest BCUT2D eigenvalue weighted by Crippen LogP contribution is -2.29. The van der Waals surface area contributed by atoms with Crippen LogP contribution in [0.15, 0.2) is 109 Å². The molecule has 0 amide bonds. The van der Waals surface area contributed by atoms with E-state index in [0.29, 0.717) is 0 Å². The zero-order valence-corrected chi connectivity index (χ0v) is 30.7. The van der Waals surface area contributed by atoms with Crippen molar-refractivity contribution < 1.29 is 0 Å². The summed E-state index contributed by atoms with van der Waals surface area (Å²) in [5.74, 6) is 0. The second-order valence-electron chi connectivity index (χ2n) is 13.9. The maximum atomic E-state index is 5.41. The maximum Gasteiger partial charge on any atom is 0.119 e. The van der Waals surface area contributed by atoms with Crippen LogP contribution in [0.1, 0.15) is 55.9 Å². The smallest absolute Gasteiger partial charge is 0.119 e. The Labute approximate surface area is 291 Å². The Kier molecular flexibility index (Phi) is 8.33. The predicted molar refractivity (Wildman–Crippen MR) is 207 cm³/mol. The van der Waals surface area contributed by atoms with Gasteiger partial charge in [-0.1, -0.05) is 72.8 Å². The first-order chi connectivity index (χ1) is 23.5. The molecule has 6 aromatic rings. The quantitative estimate of drug-likeness (QED) is 0.168. The van der Waals surface area contributed by atoms with E-state index in [9.17, 15) is 0 Å².